The first-order valence-corrected chi connectivity index (χ1v) is 6.52. The van der Waals surface area contributed by atoms with Crippen molar-refractivity contribution in [2.45, 2.75) is 25.9 Å². The van der Waals surface area contributed by atoms with E-state index < -0.39 is 0 Å². The summed E-state index contributed by atoms with van der Waals surface area (Å²) in [6, 6.07) is 8.65. The fourth-order valence-electron chi connectivity index (χ4n) is 1.76. The van der Waals surface area contributed by atoms with Gasteiger partial charge in [-0.25, -0.2) is 0 Å². The number of benzene rings is 1. The Morgan fingerprint density at radius 2 is 2.19 bits per heavy atom. The molecule has 1 aromatic carbocycles. The number of rotatable bonds is 5. The minimum Gasteiger partial charge on any atom is -0.395 e. The highest BCUT2D eigenvalue weighted by Crippen LogP contribution is 2.25. The normalized spacial score (nSPS) is 13.1. The number of thiophene rings is 1. The van der Waals surface area contributed by atoms with Gasteiger partial charge in [0.25, 0.3) is 0 Å². The second-order valence-corrected chi connectivity index (χ2v) is 4.84. The third-order valence-corrected chi connectivity index (χ3v) is 3.87. The van der Waals surface area contributed by atoms with Gasteiger partial charge in [0.05, 0.1) is 6.61 Å². The fraction of sp³-hybridized carbons (Fsp3) is 0.385. The molecule has 0 aliphatic carbocycles. The molecule has 0 amide bonds. The first-order valence-electron chi connectivity index (χ1n) is 5.64. The predicted molar refractivity (Wildman–Crippen MR) is 69.8 cm³/mol. The van der Waals surface area contributed by atoms with E-state index in [2.05, 4.69) is 41.9 Å². The molecule has 0 bridgehead atoms. The van der Waals surface area contributed by atoms with Crippen molar-refractivity contribution in [3.63, 3.8) is 0 Å². The van der Waals surface area contributed by atoms with Gasteiger partial charge in [-0.3, -0.25) is 0 Å². The number of hydrogen-bond donors (Lipinski definition) is 2. The number of fused-ring (bicyclic) bond motifs is 1. The molecule has 0 aliphatic rings. The minimum atomic E-state index is 0.207. The maximum absolute atomic E-state index is 9.11. The molecule has 0 spiro atoms. The number of nitrogens with one attached hydrogen (secondary N) is 1. The summed E-state index contributed by atoms with van der Waals surface area (Å²) in [6.45, 7) is 3.13. The Bertz CT molecular complexity index is 448. The van der Waals surface area contributed by atoms with Gasteiger partial charge in [0.15, 0.2) is 0 Å². The molecule has 2 nitrogen and oxygen atoms in total. The third kappa shape index (κ3) is 2.43. The van der Waals surface area contributed by atoms with Crippen LogP contribution < -0.4 is 5.32 Å². The van der Waals surface area contributed by atoms with Crippen LogP contribution in [0.15, 0.2) is 29.6 Å². The van der Waals surface area contributed by atoms with Gasteiger partial charge >= 0.3 is 0 Å². The zero-order chi connectivity index (χ0) is 11.4. The molecule has 1 atom stereocenters. The predicted octanol–water partition coefficient (Wildman–Crippen LogP) is 2.76. The van der Waals surface area contributed by atoms with Gasteiger partial charge in [-0.1, -0.05) is 25.1 Å². The summed E-state index contributed by atoms with van der Waals surface area (Å²) in [4.78, 5) is 0. The Hall–Kier alpha value is -0.900. The van der Waals surface area contributed by atoms with Crippen molar-refractivity contribution >= 4 is 21.4 Å². The van der Waals surface area contributed by atoms with E-state index in [4.69, 9.17) is 5.11 Å². The topological polar surface area (TPSA) is 32.3 Å². The molecule has 2 aromatic rings. The van der Waals surface area contributed by atoms with Crippen molar-refractivity contribution in [3.8, 4) is 0 Å². The molecule has 0 saturated carbocycles. The summed E-state index contributed by atoms with van der Waals surface area (Å²) in [5.74, 6) is 0. The van der Waals surface area contributed by atoms with Gasteiger partial charge in [-0.2, -0.15) is 0 Å². The highest BCUT2D eigenvalue weighted by Gasteiger charge is 2.06. The molecule has 86 valence electrons. The standard InChI is InChI=1S/C13H17NOS/c1-2-11(8-15)14-7-10-9-16-13-6-4-3-5-12(10)13/h3-6,9,11,14-15H,2,7-8H2,1H3/t11-/m0/s1. The zero-order valence-electron chi connectivity index (χ0n) is 9.44. The van der Waals surface area contributed by atoms with Crippen LogP contribution in [0.2, 0.25) is 0 Å². The SMILES string of the molecule is CC[C@@H](CO)NCc1csc2ccccc12. The van der Waals surface area contributed by atoms with Crippen LogP contribution in [-0.4, -0.2) is 17.8 Å². The van der Waals surface area contributed by atoms with Crippen LogP contribution in [0.5, 0.6) is 0 Å². The number of aliphatic hydroxyl groups excluding tert-OH is 1. The van der Waals surface area contributed by atoms with E-state index in [0.29, 0.717) is 0 Å². The number of hydrogen-bond acceptors (Lipinski definition) is 3. The average Bonchev–Trinajstić information content (AvgIpc) is 2.74. The lowest BCUT2D eigenvalue weighted by atomic mass is 10.1. The minimum absolute atomic E-state index is 0.207. The lowest BCUT2D eigenvalue weighted by molar-refractivity contribution is 0.238. The largest absolute Gasteiger partial charge is 0.395 e. The molecule has 1 heterocycles. The summed E-state index contributed by atoms with van der Waals surface area (Å²) >= 11 is 1.78. The highest BCUT2D eigenvalue weighted by atomic mass is 32.1. The van der Waals surface area contributed by atoms with Crippen molar-refractivity contribution in [1.82, 2.24) is 5.32 Å². The van der Waals surface area contributed by atoms with Crippen LogP contribution in [0, 0.1) is 0 Å². The van der Waals surface area contributed by atoms with E-state index in [1.54, 1.807) is 11.3 Å². The summed E-state index contributed by atoms with van der Waals surface area (Å²) in [6.07, 6.45) is 0.957. The molecular formula is C13H17NOS. The second-order valence-electron chi connectivity index (χ2n) is 3.93. The van der Waals surface area contributed by atoms with Gasteiger partial charge in [-0.05, 0) is 28.8 Å². The van der Waals surface area contributed by atoms with Crippen molar-refractivity contribution in [2.75, 3.05) is 6.61 Å². The Labute approximate surface area is 99.9 Å². The molecule has 0 radical (unpaired) electrons. The van der Waals surface area contributed by atoms with E-state index in [1.165, 1.54) is 15.6 Å². The van der Waals surface area contributed by atoms with Crippen LogP contribution in [0.4, 0.5) is 0 Å². The van der Waals surface area contributed by atoms with Crippen molar-refractivity contribution in [1.29, 1.82) is 0 Å². The summed E-state index contributed by atoms with van der Waals surface area (Å²) < 4.78 is 1.33. The van der Waals surface area contributed by atoms with Gasteiger partial charge in [-0.15, -0.1) is 11.3 Å². The van der Waals surface area contributed by atoms with Crippen molar-refractivity contribution < 1.29 is 5.11 Å². The zero-order valence-corrected chi connectivity index (χ0v) is 10.3. The molecule has 0 aliphatic heterocycles. The Morgan fingerprint density at radius 1 is 1.38 bits per heavy atom. The van der Waals surface area contributed by atoms with E-state index in [0.717, 1.165) is 13.0 Å². The molecule has 16 heavy (non-hydrogen) atoms. The van der Waals surface area contributed by atoms with E-state index >= 15 is 0 Å². The maximum atomic E-state index is 9.11. The molecule has 2 N–H and O–H groups in total. The molecule has 0 saturated heterocycles. The van der Waals surface area contributed by atoms with Crippen LogP contribution in [0.1, 0.15) is 18.9 Å². The monoisotopic (exact) mass is 235 g/mol. The summed E-state index contributed by atoms with van der Waals surface area (Å²) in [7, 11) is 0. The van der Waals surface area contributed by atoms with Crippen molar-refractivity contribution in [3.05, 3.63) is 35.2 Å². The van der Waals surface area contributed by atoms with Crippen LogP contribution in [-0.2, 0) is 6.54 Å². The lowest BCUT2D eigenvalue weighted by Crippen LogP contribution is -2.31. The molecule has 0 fully saturated rings. The first kappa shape index (κ1) is 11.6. The smallest absolute Gasteiger partial charge is 0.0584 e. The lowest BCUT2D eigenvalue weighted by Gasteiger charge is -2.13. The first-order chi connectivity index (χ1) is 7.85. The Balaban J connectivity index is 2.09. The Morgan fingerprint density at radius 3 is 2.94 bits per heavy atom. The summed E-state index contributed by atoms with van der Waals surface area (Å²) in [5.41, 5.74) is 1.33. The summed E-state index contributed by atoms with van der Waals surface area (Å²) in [5, 5.41) is 16.0. The molecule has 1 aromatic heterocycles. The molecule has 2 rings (SSSR count). The third-order valence-electron chi connectivity index (χ3n) is 2.86. The van der Waals surface area contributed by atoms with Gasteiger partial charge in [0, 0.05) is 17.3 Å². The highest BCUT2D eigenvalue weighted by molar-refractivity contribution is 7.17. The molecule has 0 unspecified atom stereocenters. The van der Waals surface area contributed by atoms with Gasteiger partial charge in [0.2, 0.25) is 0 Å². The van der Waals surface area contributed by atoms with Crippen LogP contribution >= 0.6 is 11.3 Å². The van der Waals surface area contributed by atoms with E-state index in [-0.39, 0.29) is 12.6 Å². The van der Waals surface area contributed by atoms with E-state index in [1.807, 2.05) is 0 Å². The van der Waals surface area contributed by atoms with Gasteiger partial charge in [0.1, 0.15) is 0 Å². The van der Waals surface area contributed by atoms with E-state index in [9.17, 15) is 0 Å². The quantitative estimate of drug-likeness (QED) is 0.835. The second kappa shape index (κ2) is 5.43. The molecular weight excluding hydrogens is 218 g/mol. The van der Waals surface area contributed by atoms with Crippen molar-refractivity contribution in [2.24, 2.45) is 0 Å². The average molecular weight is 235 g/mol. The fourth-order valence-corrected chi connectivity index (χ4v) is 2.72. The maximum Gasteiger partial charge on any atom is 0.0584 e. The molecule has 3 heteroatoms. The van der Waals surface area contributed by atoms with Crippen LogP contribution in [0.25, 0.3) is 10.1 Å². The van der Waals surface area contributed by atoms with Crippen LogP contribution in [0.3, 0.4) is 0 Å². The Kier molecular flexibility index (Phi) is 3.93. The number of aliphatic hydroxyl groups is 1. The van der Waals surface area contributed by atoms with Gasteiger partial charge < -0.3 is 10.4 Å².